The molecular weight excluding hydrogens is 254 g/mol. The van der Waals surface area contributed by atoms with Crippen LogP contribution in [0.25, 0.3) is 0 Å². The van der Waals surface area contributed by atoms with Crippen molar-refractivity contribution in [1.29, 1.82) is 0 Å². The smallest absolute Gasteiger partial charge is 0.00461 e. The van der Waals surface area contributed by atoms with E-state index in [9.17, 15) is 0 Å². The lowest BCUT2D eigenvalue weighted by Gasteiger charge is -2.39. The fourth-order valence-corrected chi connectivity index (χ4v) is 4.56. The first kappa shape index (κ1) is 16.8. The van der Waals surface area contributed by atoms with Crippen LogP contribution in [0.15, 0.2) is 23.8 Å². The van der Waals surface area contributed by atoms with Crippen LogP contribution < -0.4 is 5.32 Å². The number of rotatable bonds is 6. The summed E-state index contributed by atoms with van der Waals surface area (Å²) in [6.07, 6.45) is 19.7. The zero-order chi connectivity index (χ0) is 14.9. The fourth-order valence-electron chi connectivity index (χ4n) is 4.56. The van der Waals surface area contributed by atoms with Crippen molar-refractivity contribution in [3.63, 3.8) is 0 Å². The summed E-state index contributed by atoms with van der Waals surface area (Å²) in [6.45, 7) is 6.94. The molecule has 120 valence electrons. The van der Waals surface area contributed by atoms with Gasteiger partial charge in [0.1, 0.15) is 0 Å². The van der Waals surface area contributed by atoms with Gasteiger partial charge in [0.2, 0.25) is 0 Å². The molecule has 0 amide bonds. The van der Waals surface area contributed by atoms with Gasteiger partial charge in [0.25, 0.3) is 0 Å². The van der Waals surface area contributed by atoms with Crippen molar-refractivity contribution >= 4 is 0 Å². The molecule has 1 unspecified atom stereocenters. The van der Waals surface area contributed by atoms with Crippen LogP contribution in [0, 0.1) is 17.8 Å². The number of piperidine rings is 1. The topological polar surface area (TPSA) is 12.0 Å². The van der Waals surface area contributed by atoms with E-state index in [4.69, 9.17) is 0 Å². The summed E-state index contributed by atoms with van der Waals surface area (Å²) in [5.74, 6) is 2.76. The van der Waals surface area contributed by atoms with Gasteiger partial charge in [-0.25, -0.2) is 0 Å². The third kappa shape index (κ3) is 4.98. The lowest BCUT2D eigenvalue weighted by atomic mass is 9.67. The highest BCUT2D eigenvalue weighted by atomic mass is 14.9. The summed E-state index contributed by atoms with van der Waals surface area (Å²) < 4.78 is 0. The second-order valence-electron chi connectivity index (χ2n) is 7.03. The molecule has 0 aromatic rings. The Morgan fingerprint density at radius 1 is 1.05 bits per heavy atom. The van der Waals surface area contributed by atoms with Crippen LogP contribution in [0.2, 0.25) is 0 Å². The molecule has 0 aromatic heterocycles. The van der Waals surface area contributed by atoms with Crippen molar-refractivity contribution in [1.82, 2.24) is 5.32 Å². The van der Waals surface area contributed by atoms with E-state index >= 15 is 0 Å². The van der Waals surface area contributed by atoms with Crippen LogP contribution in [0.5, 0.6) is 0 Å². The maximum absolute atomic E-state index is 3.55. The normalized spacial score (nSPS) is 24.6. The van der Waals surface area contributed by atoms with E-state index < -0.39 is 0 Å². The monoisotopic (exact) mass is 289 g/mol. The second kappa shape index (κ2) is 9.46. The maximum Gasteiger partial charge on any atom is -0.00461 e. The van der Waals surface area contributed by atoms with Crippen molar-refractivity contribution in [2.24, 2.45) is 17.8 Å². The van der Waals surface area contributed by atoms with Crippen LogP contribution >= 0.6 is 0 Å². The van der Waals surface area contributed by atoms with Gasteiger partial charge >= 0.3 is 0 Å². The molecule has 0 spiro atoms. The SMILES string of the molecule is C/C=C\C=C(/CCC)C(C1CCCCC1)C1CCNCC1. The van der Waals surface area contributed by atoms with Crippen LogP contribution in [0.3, 0.4) is 0 Å². The van der Waals surface area contributed by atoms with E-state index in [0.717, 1.165) is 17.8 Å². The van der Waals surface area contributed by atoms with E-state index in [1.54, 1.807) is 5.57 Å². The number of allylic oxidation sites excluding steroid dienone is 4. The second-order valence-corrected chi connectivity index (χ2v) is 7.03. The third-order valence-corrected chi connectivity index (χ3v) is 5.52. The predicted molar refractivity (Wildman–Crippen MR) is 93.5 cm³/mol. The molecule has 1 aliphatic carbocycles. The number of hydrogen-bond acceptors (Lipinski definition) is 1. The first-order chi connectivity index (χ1) is 10.4. The molecule has 1 saturated carbocycles. The van der Waals surface area contributed by atoms with Gasteiger partial charge in [-0.3, -0.25) is 0 Å². The van der Waals surface area contributed by atoms with Gasteiger partial charge in [-0.2, -0.15) is 0 Å². The highest BCUT2D eigenvalue weighted by Gasteiger charge is 2.33. The van der Waals surface area contributed by atoms with E-state index in [-0.39, 0.29) is 0 Å². The summed E-state index contributed by atoms with van der Waals surface area (Å²) in [7, 11) is 0. The predicted octanol–water partition coefficient (Wildman–Crippen LogP) is 5.49. The fraction of sp³-hybridized carbons (Fsp3) is 0.800. The van der Waals surface area contributed by atoms with Gasteiger partial charge in [0, 0.05) is 0 Å². The number of hydrogen-bond donors (Lipinski definition) is 1. The van der Waals surface area contributed by atoms with Crippen molar-refractivity contribution in [3.05, 3.63) is 23.8 Å². The van der Waals surface area contributed by atoms with Gasteiger partial charge in [-0.1, -0.05) is 56.4 Å². The van der Waals surface area contributed by atoms with Gasteiger partial charge in [-0.15, -0.1) is 0 Å². The molecule has 1 saturated heterocycles. The minimum atomic E-state index is 0.864. The Labute approximate surface area is 132 Å². The Morgan fingerprint density at radius 3 is 2.33 bits per heavy atom. The molecular formula is C20H35N. The zero-order valence-electron chi connectivity index (χ0n) is 14.2. The highest BCUT2D eigenvalue weighted by Crippen LogP contribution is 2.42. The lowest BCUT2D eigenvalue weighted by Crippen LogP contribution is -2.36. The largest absolute Gasteiger partial charge is 0.317 e. The van der Waals surface area contributed by atoms with Gasteiger partial charge < -0.3 is 5.32 Å². The average Bonchev–Trinajstić information content (AvgIpc) is 2.55. The molecule has 1 atom stereocenters. The molecule has 1 nitrogen and oxygen atoms in total. The Kier molecular flexibility index (Phi) is 7.57. The molecule has 1 aliphatic heterocycles. The van der Waals surface area contributed by atoms with Crippen molar-refractivity contribution in [3.8, 4) is 0 Å². The summed E-state index contributed by atoms with van der Waals surface area (Å²) >= 11 is 0. The van der Waals surface area contributed by atoms with Crippen molar-refractivity contribution in [2.45, 2.75) is 71.6 Å². The standard InChI is InChI=1S/C20H35N/c1-3-5-10-17(9-4-2)20(18-11-7-6-8-12-18)19-13-15-21-16-14-19/h3,5,10,18-21H,4,6-9,11-16H2,1-2H3/b5-3-,17-10+. The van der Waals surface area contributed by atoms with Gasteiger partial charge in [0.05, 0.1) is 0 Å². The Morgan fingerprint density at radius 2 is 1.71 bits per heavy atom. The lowest BCUT2D eigenvalue weighted by molar-refractivity contribution is 0.174. The summed E-state index contributed by atoms with van der Waals surface area (Å²) in [6, 6.07) is 0. The first-order valence-electron chi connectivity index (χ1n) is 9.39. The van der Waals surface area contributed by atoms with E-state index in [1.807, 2.05) is 0 Å². The Bertz CT molecular complexity index is 312. The van der Waals surface area contributed by atoms with E-state index in [2.05, 4.69) is 37.4 Å². The minimum Gasteiger partial charge on any atom is -0.317 e. The maximum atomic E-state index is 3.55. The third-order valence-electron chi connectivity index (χ3n) is 5.52. The Hall–Kier alpha value is -0.560. The minimum absolute atomic E-state index is 0.864. The molecule has 2 fully saturated rings. The molecule has 0 radical (unpaired) electrons. The first-order valence-corrected chi connectivity index (χ1v) is 9.39. The molecule has 2 rings (SSSR count). The van der Waals surface area contributed by atoms with Gasteiger partial charge in [-0.05, 0) is 69.9 Å². The molecule has 2 aliphatic rings. The molecule has 0 aromatic carbocycles. The van der Waals surface area contributed by atoms with Crippen molar-refractivity contribution < 1.29 is 0 Å². The molecule has 1 heterocycles. The van der Waals surface area contributed by atoms with Crippen LogP contribution in [-0.2, 0) is 0 Å². The highest BCUT2D eigenvalue weighted by molar-refractivity contribution is 5.17. The van der Waals surface area contributed by atoms with Crippen molar-refractivity contribution in [2.75, 3.05) is 13.1 Å². The van der Waals surface area contributed by atoms with Gasteiger partial charge in [0.15, 0.2) is 0 Å². The molecule has 1 N–H and O–H groups in total. The molecule has 0 bridgehead atoms. The average molecular weight is 290 g/mol. The zero-order valence-corrected chi connectivity index (χ0v) is 14.2. The van der Waals surface area contributed by atoms with E-state index in [0.29, 0.717) is 0 Å². The van der Waals surface area contributed by atoms with Crippen LogP contribution in [0.4, 0.5) is 0 Å². The Balaban J connectivity index is 2.18. The van der Waals surface area contributed by atoms with Crippen LogP contribution in [0.1, 0.15) is 71.6 Å². The summed E-state index contributed by atoms with van der Waals surface area (Å²) in [5, 5.41) is 3.55. The summed E-state index contributed by atoms with van der Waals surface area (Å²) in [5.41, 5.74) is 1.76. The summed E-state index contributed by atoms with van der Waals surface area (Å²) in [4.78, 5) is 0. The molecule has 21 heavy (non-hydrogen) atoms. The number of nitrogens with one attached hydrogen (secondary N) is 1. The van der Waals surface area contributed by atoms with Crippen LogP contribution in [-0.4, -0.2) is 13.1 Å². The quantitative estimate of drug-likeness (QED) is 0.638. The molecule has 1 heteroatoms. The van der Waals surface area contributed by atoms with E-state index in [1.165, 1.54) is 70.9 Å².